The summed E-state index contributed by atoms with van der Waals surface area (Å²) in [5, 5.41) is 31.1. The molecule has 1 aromatic rings. The number of rotatable bonds is 15. The topological polar surface area (TPSA) is 60.7 Å². The monoisotopic (exact) mass is 418 g/mol. The van der Waals surface area contributed by atoms with Gasteiger partial charge in [-0.2, -0.15) is 0 Å². The Bertz CT molecular complexity index is 659. The number of hydrogen-bond donors (Lipinski definition) is 3. The van der Waals surface area contributed by atoms with Crippen LogP contribution in [0.1, 0.15) is 122 Å². The molecule has 1 saturated carbocycles. The van der Waals surface area contributed by atoms with Crippen molar-refractivity contribution in [3.63, 3.8) is 0 Å². The molecule has 3 nitrogen and oxygen atoms in total. The van der Waals surface area contributed by atoms with E-state index in [9.17, 15) is 15.3 Å². The van der Waals surface area contributed by atoms with Gasteiger partial charge in [-0.3, -0.25) is 0 Å². The molecular weight excluding hydrogens is 372 g/mol. The van der Waals surface area contributed by atoms with Crippen molar-refractivity contribution in [1.29, 1.82) is 0 Å². The zero-order valence-corrected chi connectivity index (χ0v) is 20.0. The molecule has 0 heterocycles. The molecule has 0 saturated heterocycles. The molecule has 0 aliphatic heterocycles. The highest BCUT2D eigenvalue weighted by molar-refractivity contribution is 5.56. The van der Waals surface area contributed by atoms with Gasteiger partial charge in [-0.25, -0.2) is 0 Å². The summed E-state index contributed by atoms with van der Waals surface area (Å²) in [5.74, 6) is -0.0319. The molecular formula is C27H46O3. The van der Waals surface area contributed by atoms with Crippen molar-refractivity contribution in [2.75, 3.05) is 0 Å². The number of aryl methyl sites for hydroxylation is 1. The SMILES string of the molecule is CCC(C)(C)CCCCCCc1cc(O)c(O)c(CCCCCCC2(C)CC2)c1O. The molecule has 0 bridgehead atoms. The van der Waals surface area contributed by atoms with E-state index in [1.165, 1.54) is 57.8 Å². The Kier molecular flexibility index (Phi) is 9.37. The fourth-order valence-electron chi connectivity index (χ4n) is 4.31. The number of hydrogen-bond acceptors (Lipinski definition) is 3. The maximum atomic E-state index is 10.7. The lowest BCUT2D eigenvalue weighted by Gasteiger charge is -2.22. The Morgan fingerprint density at radius 2 is 1.43 bits per heavy atom. The van der Waals surface area contributed by atoms with Crippen LogP contribution in [0.4, 0.5) is 0 Å². The summed E-state index contributed by atoms with van der Waals surface area (Å²) < 4.78 is 0. The van der Waals surface area contributed by atoms with Crippen molar-refractivity contribution < 1.29 is 15.3 Å². The fraction of sp³-hybridized carbons (Fsp3) is 0.778. The van der Waals surface area contributed by atoms with Crippen LogP contribution in [0.15, 0.2) is 6.07 Å². The van der Waals surface area contributed by atoms with Crippen molar-refractivity contribution in [3.05, 3.63) is 17.2 Å². The summed E-state index contributed by atoms with van der Waals surface area (Å²) in [7, 11) is 0. The Morgan fingerprint density at radius 1 is 0.833 bits per heavy atom. The number of phenols is 3. The van der Waals surface area contributed by atoms with Crippen LogP contribution < -0.4 is 0 Å². The van der Waals surface area contributed by atoms with Crippen molar-refractivity contribution in [3.8, 4) is 17.2 Å². The van der Waals surface area contributed by atoms with Crippen molar-refractivity contribution >= 4 is 0 Å². The first kappa shape index (κ1) is 24.9. The molecule has 0 radical (unpaired) electrons. The van der Waals surface area contributed by atoms with Crippen LogP contribution in [-0.2, 0) is 12.8 Å². The number of aromatic hydroxyl groups is 3. The summed E-state index contributed by atoms with van der Waals surface area (Å²) in [6.07, 6.45) is 17.1. The molecule has 3 N–H and O–H groups in total. The van der Waals surface area contributed by atoms with Gasteiger partial charge in [0.15, 0.2) is 11.5 Å². The van der Waals surface area contributed by atoms with Gasteiger partial charge in [-0.1, -0.05) is 72.6 Å². The van der Waals surface area contributed by atoms with E-state index < -0.39 is 0 Å². The molecule has 0 unspecified atom stereocenters. The van der Waals surface area contributed by atoms with Crippen LogP contribution in [-0.4, -0.2) is 15.3 Å². The lowest BCUT2D eigenvalue weighted by molar-refractivity contribution is 0.307. The van der Waals surface area contributed by atoms with E-state index in [1.54, 1.807) is 6.07 Å². The molecule has 1 fully saturated rings. The van der Waals surface area contributed by atoms with E-state index in [-0.39, 0.29) is 17.2 Å². The van der Waals surface area contributed by atoms with Gasteiger partial charge in [0.25, 0.3) is 0 Å². The third kappa shape index (κ3) is 8.04. The van der Waals surface area contributed by atoms with Crippen LogP contribution in [0.5, 0.6) is 17.2 Å². The second-order valence-electron chi connectivity index (χ2n) is 10.9. The van der Waals surface area contributed by atoms with E-state index in [4.69, 9.17) is 0 Å². The van der Waals surface area contributed by atoms with Crippen molar-refractivity contribution in [1.82, 2.24) is 0 Å². The molecule has 3 heteroatoms. The minimum atomic E-state index is -0.136. The maximum absolute atomic E-state index is 10.7. The third-order valence-electron chi connectivity index (χ3n) is 7.50. The molecule has 1 aliphatic rings. The van der Waals surface area contributed by atoms with Gasteiger partial charge in [0.2, 0.25) is 0 Å². The zero-order chi connectivity index (χ0) is 22.2. The fourth-order valence-corrected chi connectivity index (χ4v) is 4.31. The second kappa shape index (κ2) is 11.3. The highest BCUT2D eigenvalue weighted by Crippen LogP contribution is 2.49. The normalized spacial score (nSPS) is 15.5. The van der Waals surface area contributed by atoms with Crippen LogP contribution in [0.3, 0.4) is 0 Å². The summed E-state index contributed by atoms with van der Waals surface area (Å²) in [6.45, 7) is 9.30. The Hall–Kier alpha value is -1.38. The van der Waals surface area contributed by atoms with Gasteiger partial charge >= 0.3 is 0 Å². The minimum absolute atomic E-state index is 0.0934. The predicted octanol–water partition coefficient (Wildman–Crippen LogP) is 8.03. The van der Waals surface area contributed by atoms with Gasteiger partial charge in [-0.05, 0) is 73.8 Å². The zero-order valence-electron chi connectivity index (χ0n) is 20.0. The summed E-state index contributed by atoms with van der Waals surface area (Å²) >= 11 is 0. The lowest BCUT2D eigenvalue weighted by atomic mass is 9.84. The van der Waals surface area contributed by atoms with Gasteiger partial charge in [0.05, 0.1) is 0 Å². The van der Waals surface area contributed by atoms with E-state index in [0.717, 1.165) is 37.7 Å². The van der Waals surface area contributed by atoms with Gasteiger partial charge < -0.3 is 15.3 Å². The number of phenolic OH excluding ortho intramolecular Hbond substituents is 3. The van der Waals surface area contributed by atoms with Crippen molar-refractivity contribution in [2.24, 2.45) is 10.8 Å². The second-order valence-corrected chi connectivity index (χ2v) is 10.9. The van der Waals surface area contributed by atoms with Gasteiger partial charge in [-0.15, -0.1) is 0 Å². The highest BCUT2D eigenvalue weighted by atomic mass is 16.3. The average molecular weight is 419 g/mol. The van der Waals surface area contributed by atoms with Crippen LogP contribution in [0.25, 0.3) is 0 Å². The highest BCUT2D eigenvalue weighted by Gasteiger charge is 2.35. The molecule has 1 aliphatic carbocycles. The smallest absolute Gasteiger partial charge is 0.164 e. The molecule has 2 rings (SSSR count). The maximum Gasteiger partial charge on any atom is 0.164 e. The molecule has 172 valence electrons. The van der Waals surface area contributed by atoms with E-state index in [2.05, 4.69) is 27.7 Å². The van der Waals surface area contributed by atoms with Crippen LogP contribution >= 0.6 is 0 Å². The predicted molar refractivity (Wildman–Crippen MR) is 126 cm³/mol. The van der Waals surface area contributed by atoms with Crippen molar-refractivity contribution in [2.45, 2.75) is 124 Å². The molecule has 1 aromatic carbocycles. The van der Waals surface area contributed by atoms with Crippen LogP contribution in [0.2, 0.25) is 0 Å². The molecule has 0 aromatic heterocycles. The Morgan fingerprint density at radius 3 is 2.07 bits per heavy atom. The summed E-state index contributed by atoms with van der Waals surface area (Å²) in [4.78, 5) is 0. The largest absolute Gasteiger partial charge is 0.507 e. The first-order valence-corrected chi connectivity index (χ1v) is 12.4. The van der Waals surface area contributed by atoms with Gasteiger partial charge in [0, 0.05) is 5.56 Å². The van der Waals surface area contributed by atoms with E-state index >= 15 is 0 Å². The van der Waals surface area contributed by atoms with E-state index in [0.29, 0.717) is 22.8 Å². The quantitative estimate of drug-likeness (QED) is 0.153. The average Bonchev–Trinajstić information content (AvgIpc) is 3.44. The first-order valence-electron chi connectivity index (χ1n) is 12.4. The molecule has 0 amide bonds. The minimum Gasteiger partial charge on any atom is -0.507 e. The lowest BCUT2D eigenvalue weighted by Crippen LogP contribution is -2.08. The Balaban J connectivity index is 1.74. The first-order chi connectivity index (χ1) is 14.2. The van der Waals surface area contributed by atoms with Gasteiger partial charge in [0.1, 0.15) is 5.75 Å². The molecule has 30 heavy (non-hydrogen) atoms. The van der Waals surface area contributed by atoms with E-state index in [1.807, 2.05) is 0 Å². The Labute approximate surface area is 184 Å². The molecule has 0 spiro atoms. The molecule has 0 atom stereocenters. The summed E-state index contributed by atoms with van der Waals surface area (Å²) in [5.41, 5.74) is 2.37. The standard InChI is InChI=1S/C27H46O3/c1-5-26(2,3)16-12-8-6-10-14-21-20-23(28)25(30)22(24(21)29)15-11-7-9-13-17-27(4)18-19-27/h20,28-30H,5-19H2,1-4H3. The van der Waals surface area contributed by atoms with Crippen LogP contribution in [0, 0.1) is 10.8 Å². The third-order valence-corrected chi connectivity index (χ3v) is 7.50. The number of benzene rings is 1. The summed E-state index contributed by atoms with van der Waals surface area (Å²) in [6, 6.07) is 1.55. The number of unbranched alkanes of at least 4 members (excludes halogenated alkanes) is 6.